The summed E-state index contributed by atoms with van der Waals surface area (Å²) in [7, 11) is 1.47. The molecule has 0 fully saturated rings. The van der Waals surface area contributed by atoms with Gasteiger partial charge < -0.3 is 4.74 Å². The van der Waals surface area contributed by atoms with Crippen LogP contribution in [0.4, 0.5) is 8.78 Å². The number of ether oxygens (including phenoxy) is 1. The molecular weight excluding hydrogens is 126 g/mol. The van der Waals surface area contributed by atoms with Crippen molar-refractivity contribution in [2.75, 3.05) is 13.7 Å². The number of alkyl halides is 2. The van der Waals surface area contributed by atoms with E-state index in [4.69, 9.17) is 0 Å². The molecule has 0 amide bonds. The Balaban J connectivity index is 3.16. The number of hydrogen-bond donors (Lipinski definition) is 0. The van der Waals surface area contributed by atoms with Crippen LogP contribution in [-0.4, -0.2) is 26.1 Å². The lowest BCUT2D eigenvalue weighted by Crippen LogP contribution is -2.15. The van der Waals surface area contributed by atoms with E-state index in [1.165, 1.54) is 14.0 Å². The van der Waals surface area contributed by atoms with Gasteiger partial charge in [-0.3, -0.25) is 0 Å². The summed E-state index contributed by atoms with van der Waals surface area (Å²) in [5, 5.41) is 0. The predicted octanol–water partition coefficient (Wildman–Crippen LogP) is 1.72. The van der Waals surface area contributed by atoms with Crippen LogP contribution in [0.15, 0.2) is 0 Å². The molecule has 0 aliphatic carbocycles. The molecule has 56 valence electrons. The molecule has 0 radical (unpaired) electrons. The van der Waals surface area contributed by atoms with Gasteiger partial charge >= 0.3 is 0 Å². The Hall–Kier alpha value is -0.180. The first-order valence-corrected chi connectivity index (χ1v) is 2.95. The van der Waals surface area contributed by atoms with Gasteiger partial charge in [0.25, 0.3) is 0 Å². The summed E-state index contributed by atoms with van der Waals surface area (Å²) in [5.74, 6) is 0. The summed E-state index contributed by atoms with van der Waals surface area (Å²) in [6.45, 7) is 1.50. The Labute approximate surface area is 54.0 Å². The highest BCUT2D eigenvalue weighted by molar-refractivity contribution is 4.61. The van der Waals surface area contributed by atoms with Crippen molar-refractivity contribution in [3.8, 4) is 0 Å². The summed E-state index contributed by atoms with van der Waals surface area (Å²) >= 11 is 0. The molecule has 0 saturated carbocycles. The third-order valence-electron chi connectivity index (χ3n) is 1.10. The Kier molecular flexibility index (Phi) is 4.58. The molecule has 0 heterocycles. The first kappa shape index (κ1) is 8.82. The van der Waals surface area contributed by atoms with Crippen LogP contribution >= 0.6 is 0 Å². The zero-order valence-corrected chi connectivity index (χ0v) is 5.73. The molecule has 0 aliphatic rings. The van der Waals surface area contributed by atoms with E-state index in [-0.39, 0.29) is 13.0 Å². The highest BCUT2D eigenvalue weighted by atomic mass is 19.2. The molecule has 0 N–H and O–H groups in total. The highest BCUT2D eigenvalue weighted by Crippen LogP contribution is 2.06. The summed E-state index contributed by atoms with van der Waals surface area (Å²) in [5.41, 5.74) is 0. The zero-order chi connectivity index (χ0) is 7.28. The summed E-state index contributed by atoms with van der Waals surface area (Å²) in [6, 6.07) is 0. The molecule has 0 aromatic rings. The maximum Gasteiger partial charge on any atom is 0.133 e. The number of rotatable bonds is 4. The van der Waals surface area contributed by atoms with Crippen molar-refractivity contribution in [3.63, 3.8) is 0 Å². The fraction of sp³-hybridized carbons (Fsp3) is 1.00. The van der Waals surface area contributed by atoms with Gasteiger partial charge in [0.2, 0.25) is 0 Å². The van der Waals surface area contributed by atoms with Gasteiger partial charge in [0.1, 0.15) is 12.3 Å². The average molecular weight is 138 g/mol. The maximum atomic E-state index is 12.3. The van der Waals surface area contributed by atoms with Crippen molar-refractivity contribution in [1.82, 2.24) is 0 Å². The molecule has 0 spiro atoms. The number of hydrogen-bond acceptors (Lipinski definition) is 1. The summed E-state index contributed by atoms with van der Waals surface area (Å²) < 4.78 is 28.8. The van der Waals surface area contributed by atoms with Crippen LogP contribution < -0.4 is 0 Å². The van der Waals surface area contributed by atoms with E-state index < -0.39 is 12.3 Å². The minimum absolute atomic E-state index is 0.147. The van der Waals surface area contributed by atoms with E-state index in [9.17, 15) is 8.78 Å². The van der Waals surface area contributed by atoms with Crippen molar-refractivity contribution in [2.24, 2.45) is 0 Å². The van der Waals surface area contributed by atoms with Gasteiger partial charge in [0, 0.05) is 20.1 Å². The van der Waals surface area contributed by atoms with Gasteiger partial charge in [-0.1, -0.05) is 0 Å². The second-order valence-electron chi connectivity index (χ2n) is 1.98. The lowest BCUT2D eigenvalue weighted by atomic mass is 10.2. The van der Waals surface area contributed by atoms with Gasteiger partial charge in [0.15, 0.2) is 0 Å². The Morgan fingerprint density at radius 1 is 1.44 bits per heavy atom. The van der Waals surface area contributed by atoms with E-state index in [1.54, 1.807) is 0 Å². The Bertz CT molecular complexity index is 66.1. The molecule has 2 atom stereocenters. The van der Waals surface area contributed by atoms with Crippen molar-refractivity contribution >= 4 is 0 Å². The molecule has 0 rings (SSSR count). The maximum absolute atomic E-state index is 12.3. The third kappa shape index (κ3) is 4.33. The smallest absolute Gasteiger partial charge is 0.133 e. The molecule has 0 aliphatic heterocycles. The average Bonchev–Trinajstić information content (AvgIpc) is 1.82. The van der Waals surface area contributed by atoms with Crippen LogP contribution in [0.1, 0.15) is 13.3 Å². The summed E-state index contributed by atoms with van der Waals surface area (Å²) in [6.07, 6.45) is -2.60. The van der Waals surface area contributed by atoms with Gasteiger partial charge in [-0.25, -0.2) is 8.78 Å². The lowest BCUT2D eigenvalue weighted by Gasteiger charge is -2.06. The molecular formula is C6H12F2O. The van der Waals surface area contributed by atoms with Gasteiger partial charge in [0.05, 0.1) is 0 Å². The van der Waals surface area contributed by atoms with E-state index >= 15 is 0 Å². The first-order chi connectivity index (χ1) is 4.18. The minimum atomic E-state index is -1.37. The molecule has 0 aromatic heterocycles. The standard InChI is InChI=1S/C6H12F2O/c1-5(7)6(8)3-4-9-2/h5-6H,3-4H2,1-2H3. The van der Waals surface area contributed by atoms with Crippen LogP contribution in [0, 0.1) is 0 Å². The van der Waals surface area contributed by atoms with Crippen molar-refractivity contribution in [1.29, 1.82) is 0 Å². The molecule has 3 heteroatoms. The molecule has 9 heavy (non-hydrogen) atoms. The highest BCUT2D eigenvalue weighted by Gasteiger charge is 2.13. The van der Waals surface area contributed by atoms with Gasteiger partial charge in [-0.05, 0) is 6.92 Å². The van der Waals surface area contributed by atoms with Gasteiger partial charge in [-0.15, -0.1) is 0 Å². The number of methoxy groups -OCH3 is 1. The largest absolute Gasteiger partial charge is 0.385 e. The second-order valence-corrected chi connectivity index (χ2v) is 1.98. The van der Waals surface area contributed by atoms with Gasteiger partial charge in [-0.2, -0.15) is 0 Å². The van der Waals surface area contributed by atoms with Crippen LogP contribution in [0.5, 0.6) is 0 Å². The minimum Gasteiger partial charge on any atom is -0.385 e. The molecule has 0 saturated heterocycles. The fourth-order valence-electron chi connectivity index (χ4n) is 0.460. The Morgan fingerprint density at radius 3 is 2.33 bits per heavy atom. The Morgan fingerprint density at radius 2 is 2.00 bits per heavy atom. The van der Waals surface area contributed by atoms with Crippen LogP contribution in [0.3, 0.4) is 0 Å². The van der Waals surface area contributed by atoms with Crippen molar-refractivity contribution < 1.29 is 13.5 Å². The molecule has 0 bridgehead atoms. The fourth-order valence-corrected chi connectivity index (χ4v) is 0.460. The third-order valence-corrected chi connectivity index (χ3v) is 1.10. The first-order valence-electron chi connectivity index (χ1n) is 2.95. The quantitative estimate of drug-likeness (QED) is 0.574. The van der Waals surface area contributed by atoms with Crippen molar-refractivity contribution in [3.05, 3.63) is 0 Å². The molecule has 0 aromatic carbocycles. The van der Waals surface area contributed by atoms with Crippen LogP contribution in [0.25, 0.3) is 0 Å². The van der Waals surface area contributed by atoms with E-state index in [0.717, 1.165) is 0 Å². The number of halogens is 2. The van der Waals surface area contributed by atoms with E-state index in [1.807, 2.05) is 0 Å². The molecule has 2 unspecified atom stereocenters. The monoisotopic (exact) mass is 138 g/mol. The summed E-state index contributed by atoms with van der Waals surface area (Å²) in [4.78, 5) is 0. The van der Waals surface area contributed by atoms with Crippen LogP contribution in [0.2, 0.25) is 0 Å². The van der Waals surface area contributed by atoms with E-state index in [0.29, 0.717) is 0 Å². The second kappa shape index (κ2) is 4.68. The van der Waals surface area contributed by atoms with Crippen molar-refractivity contribution in [2.45, 2.75) is 25.7 Å². The van der Waals surface area contributed by atoms with E-state index in [2.05, 4.69) is 4.74 Å². The lowest BCUT2D eigenvalue weighted by molar-refractivity contribution is 0.118. The topological polar surface area (TPSA) is 9.23 Å². The zero-order valence-electron chi connectivity index (χ0n) is 5.73. The molecule has 1 nitrogen and oxygen atoms in total. The predicted molar refractivity (Wildman–Crippen MR) is 32.0 cm³/mol. The van der Waals surface area contributed by atoms with Crippen LogP contribution in [-0.2, 0) is 4.74 Å². The SMILES string of the molecule is COCCC(F)C(C)F. The normalized spacial score (nSPS) is 17.3.